The van der Waals surface area contributed by atoms with E-state index in [1.54, 1.807) is 12.1 Å². The largest absolute Gasteiger partial charge is 0.483 e. The van der Waals surface area contributed by atoms with E-state index in [9.17, 15) is 9.59 Å². The molecule has 0 heterocycles. The summed E-state index contributed by atoms with van der Waals surface area (Å²) >= 11 is 0. The lowest BCUT2D eigenvalue weighted by molar-refractivity contribution is -0.123. The molecule has 2 N–H and O–H groups in total. The predicted molar refractivity (Wildman–Crippen MR) is 116 cm³/mol. The summed E-state index contributed by atoms with van der Waals surface area (Å²) in [7, 11) is 0. The molecule has 29 heavy (non-hydrogen) atoms. The van der Waals surface area contributed by atoms with Crippen LogP contribution in [0.4, 0.5) is 0 Å². The third kappa shape index (κ3) is 6.93. The molecule has 5 heteroatoms. The molecule has 2 aromatic rings. The van der Waals surface area contributed by atoms with Gasteiger partial charge in [0.2, 0.25) is 0 Å². The lowest BCUT2D eigenvalue weighted by Crippen LogP contribution is -2.32. The van der Waals surface area contributed by atoms with Crippen molar-refractivity contribution in [3.63, 3.8) is 0 Å². The Morgan fingerprint density at radius 2 is 1.83 bits per heavy atom. The Hall–Kier alpha value is -2.82. The summed E-state index contributed by atoms with van der Waals surface area (Å²) < 4.78 is 5.72. The van der Waals surface area contributed by atoms with Crippen LogP contribution >= 0.6 is 0 Å². The van der Waals surface area contributed by atoms with Crippen molar-refractivity contribution < 1.29 is 14.3 Å². The first-order chi connectivity index (χ1) is 13.8. The monoisotopic (exact) mass is 396 g/mol. The van der Waals surface area contributed by atoms with Gasteiger partial charge in [0, 0.05) is 18.2 Å². The van der Waals surface area contributed by atoms with Crippen LogP contribution in [0.25, 0.3) is 0 Å². The Labute approximate surface area is 173 Å². The number of nitrogens with one attached hydrogen (secondary N) is 2. The number of ether oxygens (including phenoxy) is 1. The number of aryl methyl sites for hydroxylation is 1. The van der Waals surface area contributed by atoms with Crippen LogP contribution in [0.15, 0.2) is 42.5 Å². The lowest BCUT2D eigenvalue weighted by Gasteiger charge is -2.13. The van der Waals surface area contributed by atoms with Gasteiger partial charge in [-0.2, -0.15) is 0 Å². The third-order valence-electron chi connectivity index (χ3n) is 4.91. The number of rotatable bonds is 9. The molecule has 0 saturated heterocycles. The van der Waals surface area contributed by atoms with Crippen molar-refractivity contribution in [3.8, 4) is 5.75 Å². The Kier molecular flexibility index (Phi) is 8.25. The molecule has 0 aromatic heterocycles. The average molecular weight is 397 g/mol. The fraction of sp³-hybridized carbons (Fsp3) is 0.417. The molecule has 0 spiro atoms. The molecule has 0 bridgehead atoms. The van der Waals surface area contributed by atoms with Crippen molar-refractivity contribution >= 4 is 11.8 Å². The summed E-state index contributed by atoms with van der Waals surface area (Å²) in [5, 5.41) is 5.80. The molecule has 5 nitrogen and oxygen atoms in total. The SMILES string of the molecule is CCC(C)NC(=O)c1cccc(CNC(=O)COc2cc(C(C)C)ccc2C)c1. The van der Waals surface area contributed by atoms with Crippen molar-refractivity contribution in [2.24, 2.45) is 0 Å². The van der Waals surface area contributed by atoms with Crippen molar-refractivity contribution in [2.45, 2.75) is 59.5 Å². The third-order valence-corrected chi connectivity index (χ3v) is 4.91. The van der Waals surface area contributed by atoms with Gasteiger partial charge in [-0.3, -0.25) is 9.59 Å². The molecule has 0 radical (unpaired) electrons. The first kappa shape index (κ1) is 22.5. The summed E-state index contributed by atoms with van der Waals surface area (Å²) in [4.78, 5) is 24.5. The highest BCUT2D eigenvalue weighted by Crippen LogP contribution is 2.24. The Bertz CT molecular complexity index is 846. The van der Waals surface area contributed by atoms with Crippen LogP contribution in [-0.4, -0.2) is 24.5 Å². The van der Waals surface area contributed by atoms with Crippen LogP contribution in [0.1, 0.15) is 67.1 Å². The highest BCUT2D eigenvalue weighted by molar-refractivity contribution is 5.94. The zero-order valence-electron chi connectivity index (χ0n) is 18.0. The van der Waals surface area contributed by atoms with Gasteiger partial charge in [-0.1, -0.05) is 45.0 Å². The van der Waals surface area contributed by atoms with Crippen molar-refractivity contribution in [1.29, 1.82) is 0 Å². The van der Waals surface area contributed by atoms with E-state index in [2.05, 4.69) is 30.5 Å². The molecule has 2 rings (SSSR count). The number of hydrogen-bond acceptors (Lipinski definition) is 3. The fourth-order valence-electron chi connectivity index (χ4n) is 2.76. The van der Waals surface area contributed by atoms with Crippen molar-refractivity contribution in [3.05, 3.63) is 64.7 Å². The smallest absolute Gasteiger partial charge is 0.258 e. The number of carbonyl (C=O) groups excluding carboxylic acids is 2. The van der Waals surface area contributed by atoms with E-state index >= 15 is 0 Å². The van der Waals surface area contributed by atoms with Gasteiger partial charge in [-0.15, -0.1) is 0 Å². The highest BCUT2D eigenvalue weighted by atomic mass is 16.5. The normalized spacial score (nSPS) is 11.8. The molecule has 0 fully saturated rings. The molecular weight excluding hydrogens is 364 g/mol. The minimum atomic E-state index is -0.200. The van der Waals surface area contributed by atoms with E-state index in [0.717, 1.165) is 23.3 Å². The molecule has 2 amide bonds. The van der Waals surface area contributed by atoms with E-state index in [4.69, 9.17) is 4.74 Å². The quantitative estimate of drug-likeness (QED) is 0.662. The second-order valence-corrected chi connectivity index (χ2v) is 7.73. The molecule has 0 aliphatic carbocycles. The summed E-state index contributed by atoms with van der Waals surface area (Å²) in [5.41, 5.74) is 3.64. The molecule has 0 saturated carbocycles. The summed E-state index contributed by atoms with van der Waals surface area (Å²) in [5.74, 6) is 0.830. The molecule has 0 aliphatic heterocycles. The second kappa shape index (κ2) is 10.6. The van der Waals surface area contributed by atoms with Gasteiger partial charge >= 0.3 is 0 Å². The lowest BCUT2D eigenvalue weighted by atomic mass is 10.0. The number of amides is 2. The van der Waals surface area contributed by atoms with Crippen molar-refractivity contribution in [1.82, 2.24) is 10.6 Å². The molecule has 1 unspecified atom stereocenters. The van der Waals surface area contributed by atoms with Gasteiger partial charge in [0.05, 0.1) is 0 Å². The predicted octanol–water partition coefficient (Wildman–Crippen LogP) is 4.34. The molecule has 1 atom stereocenters. The van der Waals surface area contributed by atoms with Crippen LogP contribution in [0.2, 0.25) is 0 Å². The van der Waals surface area contributed by atoms with Gasteiger partial charge < -0.3 is 15.4 Å². The summed E-state index contributed by atoms with van der Waals surface area (Å²) in [6.07, 6.45) is 0.876. The molecule has 2 aromatic carbocycles. The van der Waals surface area contributed by atoms with Crippen LogP contribution in [-0.2, 0) is 11.3 Å². The van der Waals surface area contributed by atoms with Crippen LogP contribution in [0.3, 0.4) is 0 Å². The maximum absolute atomic E-state index is 12.3. The standard InChI is InChI=1S/C24H32N2O3/c1-6-18(5)26-24(28)21-9-7-8-19(12-21)14-25-23(27)15-29-22-13-20(16(2)3)11-10-17(22)4/h7-13,16,18H,6,14-15H2,1-5H3,(H,25,27)(H,26,28). The molecular formula is C24H32N2O3. The Morgan fingerprint density at radius 1 is 1.07 bits per heavy atom. The van der Waals surface area contributed by atoms with Gasteiger partial charge in [0.25, 0.3) is 11.8 Å². The van der Waals surface area contributed by atoms with E-state index in [1.165, 1.54) is 5.56 Å². The van der Waals surface area contributed by atoms with Gasteiger partial charge in [-0.25, -0.2) is 0 Å². The maximum Gasteiger partial charge on any atom is 0.258 e. The van der Waals surface area contributed by atoms with E-state index < -0.39 is 0 Å². The fourth-order valence-corrected chi connectivity index (χ4v) is 2.76. The zero-order chi connectivity index (χ0) is 21.4. The molecule has 156 valence electrons. The van der Waals surface area contributed by atoms with Crippen LogP contribution in [0, 0.1) is 6.92 Å². The van der Waals surface area contributed by atoms with Crippen molar-refractivity contribution in [2.75, 3.05) is 6.61 Å². The topological polar surface area (TPSA) is 67.4 Å². The summed E-state index contributed by atoms with van der Waals surface area (Å²) in [6.45, 7) is 10.5. The van der Waals surface area contributed by atoms with Gasteiger partial charge in [0.1, 0.15) is 5.75 Å². The average Bonchev–Trinajstić information content (AvgIpc) is 2.71. The maximum atomic E-state index is 12.3. The second-order valence-electron chi connectivity index (χ2n) is 7.73. The minimum absolute atomic E-state index is 0.0451. The Morgan fingerprint density at radius 3 is 2.52 bits per heavy atom. The first-order valence-corrected chi connectivity index (χ1v) is 10.2. The number of carbonyl (C=O) groups is 2. The molecule has 0 aliphatic rings. The van der Waals surface area contributed by atoms with Crippen LogP contribution in [0.5, 0.6) is 5.75 Å². The van der Waals surface area contributed by atoms with E-state index in [-0.39, 0.29) is 24.5 Å². The van der Waals surface area contributed by atoms with E-state index in [0.29, 0.717) is 18.0 Å². The Balaban J connectivity index is 1.89. The van der Waals surface area contributed by atoms with Crippen LogP contribution < -0.4 is 15.4 Å². The number of benzene rings is 2. The first-order valence-electron chi connectivity index (χ1n) is 10.2. The summed E-state index contributed by atoms with van der Waals surface area (Å²) in [6, 6.07) is 13.5. The number of hydrogen-bond donors (Lipinski definition) is 2. The van der Waals surface area contributed by atoms with Gasteiger partial charge in [-0.05, 0) is 61.1 Å². The minimum Gasteiger partial charge on any atom is -0.483 e. The van der Waals surface area contributed by atoms with E-state index in [1.807, 2.05) is 45.0 Å². The zero-order valence-corrected chi connectivity index (χ0v) is 18.0. The van der Waals surface area contributed by atoms with Gasteiger partial charge in [0.15, 0.2) is 6.61 Å². The highest BCUT2D eigenvalue weighted by Gasteiger charge is 2.10.